The van der Waals surface area contributed by atoms with Gasteiger partial charge in [-0.2, -0.15) is 5.10 Å². The Labute approximate surface area is 73.4 Å². The highest BCUT2D eigenvalue weighted by Gasteiger charge is 2.04. The molecule has 0 aliphatic rings. The lowest BCUT2D eigenvalue weighted by Gasteiger charge is -2.02. The first-order chi connectivity index (χ1) is 5.61. The van der Waals surface area contributed by atoms with E-state index in [9.17, 15) is 4.39 Å². The zero-order valence-corrected chi connectivity index (χ0v) is 8.43. The SMILES string of the molecule is CC.Cc1nn(C(C)C)cc1F. The molecule has 1 rings (SSSR count). The first kappa shape index (κ1) is 11.1. The molecule has 0 bridgehead atoms. The molecule has 0 saturated heterocycles. The Bertz CT molecular complexity index is 209. The fourth-order valence-electron chi connectivity index (χ4n) is 0.724. The van der Waals surface area contributed by atoms with Crippen LogP contribution in [-0.4, -0.2) is 9.78 Å². The summed E-state index contributed by atoms with van der Waals surface area (Å²) in [5.74, 6) is -0.228. The minimum Gasteiger partial charge on any atom is -0.267 e. The van der Waals surface area contributed by atoms with Crippen molar-refractivity contribution in [1.29, 1.82) is 0 Å². The summed E-state index contributed by atoms with van der Waals surface area (Å²) in [5, 5.41) is 3.95. The maximum atomic E-state index is 12.6. The van der Waals surface area contributed by atoms with E-state index >= 15 is 0 Å². The third-order valence-corrected chi connectivity index (χ3v) is 1.39. The molecule has 0 N–H and O–H groups in total. The number of aromatic nitrogens is 2. The molecular weight excluding hydrogens is 155 g/mol. The van der Waals surface area contributed by atoms with Gasteiger partial charge in [0.1, 0.15) is 0 Å². The lowest BCUT2D eigenvalue weighted by molar-refractivity contribution is 0.525. The van der Waals surface area contributed by atoms with E-state index in [1.165, 1.54) is 6.20 Å². The largest absolute Gasteiger partial charge is 0.267 e. The molecule has 3 heteroatoms. The second-order valence-corrected chi connectivity index (χ2v) is 2.64. The molecule has 2 nitrogen and oxygen atoms in total. The third-order valence-electron chi connectivity index (χ3n) is 1.39. The van der Waals surface area contributed by atoms with Crippen LogP contribution >= 0.6 is 0 Å². The zero-order chi connectivity index (χ0) is 9.72. The molecule has 0 amide bonds. The van der Waals surface area contributed by atoms with Gasteiger partial charge in [-0.25, -0.2) is 4.39 Å². The van der Waals surface area contributed by atoms with Crippen LogP contribution in [0.5, 0.6) is 0 Å². The second kappa shape index (κ2) is 4.91. The zero-order valence-electron chi connectivity index (χ0n) is 8.43. The first-order valence-corrected chi connectivity index (χ1v) is 4.32. The molecule has 0 aliphatic carbocycles. The average Bonchev–Trinajstić information content (AvgIpc) is 2.36. The fourth-order valence-corrected chi connectivity index (χ4v) is 0.724. The summed E-state index contributed by atoms with van der Waals surface area (Å²) in [6.07, 6.45) is 1.42. The number of aryl methyl sites for hydroxylation is 1. The van der Waals surface area contributed by atoms with Crippen LogP contribution in [-0.2, 0) is 0 Å². The van der Waals surface area contributed by atoms with Gasteiger partial charge in [0.05, 0.1) is 11.9 Å². The van der Waals surface area contributed by atoms with Crippen LogP contribution in [0.4, 0.5) is 4.39 Å². The molecule has 0 aliphatic heterocycles. The molecule has 0 aromatic carbocycles. The van der Waals surface area contributed by atoms with Crippen molar-refractivity contribution in [1.82, 2.24) is 9.78 Å². The standard InChI is InChI=1S/C7H11FN2.C2H6/c1-5(2)10-4-7(8)6(3)9-10;1-2/h4-5H,1-3H3;1-2H3. The Kier molecular flexibility index (Phi) is 4.55. The molecule has 0 atom stereocenters. The van der Waals surface area contributed by atoms with Gasteiger partial charge >= 0.3 is 0 Å². The van der Waals surface area contributed by atoms with Crippen LogP contribution < -0.4 is 0 Å². The Hall–Kier alpha value is -0.860. The molecule has 0 fully saturated rings. The van der Waals surface area contributed by atoms with Crippen LogP contribution in [0.2, 0.25) is 0 Å². The van der Waals surface area contributed by atoms with E-state index in [0.717, 1.165) is 0 Å². The van der Waals surface area contributed by atoms with E-state index in [2.05, 4.69) is 5.10 Å². The van der Waals surface area contributed by atoms with Crippen molar-refractivity contribution >= 4 is 0 Å². The molecule has 0 radical (unpaired) electrons. The minimum atomic E-state index is -0.228. The van der Waals surface area contributed by atoms with Gasteiger partial charge in [0.15, 0.2) is 5.82 Å². The lowest BCUT2D eigenvalue weighted by Crippen LogP contribution is -2.00. The van der Waals surface area contributed by atoms with Crippen LogP contribution in [0, 0.1) is 12.7 Å². The van der Waals surface area contributed by atoms with Crippen molar-refractivity contribution in [2.24, 2.45) is 0 Å². The minimum absolute atomic E-state index is 0.228. The van der Waals surface area contributed by atoms with Gasteiger partial charge in [0.25, 0.3) is 0 Å². The maximum absolute atomic E-state index is 12.6. The third kappa shape index (κ3) is 2.64. The van der Waals surface area contributed by atoms with Gasteiger partial charge in [-0.3, -0.25) is 4.68 Å². The summed E-state index contributed by atoms with van der Waals surface area (Å²) in [6.45, 7) is 9.59. The molecule has 1 heterocycles. The Morgan fingerprint density at radius 3 is 2.08 bits per heavy atom. The summed E-state index contributed by atoms with van der Waals surface area (Å²) in [7, 11) is 0. The first-order valence-electron chi connectivity index (χ1n) is 4.32. The predicted octanol–water partition coefficient (Wildman–Crippen LogP) is 2.94. The quantitative estimate of drug-likeness (QED) is 0.636. The van der Waals surface area contributed by atoms with Crippen LogP contribution in [0.3, 0.4) is 0 Å². The van der Waals surface area contributed by atoms with Crippen LogP contribution in [0.25, 0.3) is 0 Å². The molecule has 1 aromatic heterocycles. The highest BCUT2D eigenvalue weighted by molar-refractivity contribution is 4.99. The number of hydrogen-bond acceptors (Lipinski definition) is 1. The highest BCUT2D eigenvalue weighted by atomic mass is 19.1. The van der Waals surface area contributed by atoms with Gasteiger partial charge in [-0.1, -0.05) is 13.8 Å². The van der Waals surface area contributed by atoms with E-state index in [4.69, 9.17) is 0 Å². The van der Waals surface area contributed by atoms with Gasteiger partial charge in [-0.05, 0) is 20.8 Å². The summed E-state index contributed by atoms with van der Waals surface area (Å²) >= 11 is 0. The molecule has 0 unspecified atom stereocenters. The molecule has 12 heavy (non-hydrogen) atoms. The van der Waals surface area contributed by atoms with Crippen molar-refractivity contribution in [2.45, 2.75) is 40.7 Å². The van der Waals surface area contributed by atoms with Crippen molar-refractivity contribution in [2.75, 3.05) is 0 Å². The number of halogens is 1. The van der Waals surface area contributed by atoms with Gasteiger partial charge in [0, 0.05) is 6.04 Å². The number of nitrogens with zero attached hydrogens (tertiary/aromatic N) is 2. The molecule has 0 spiro atoms. The van der Waals surface area contributed by atoms with Gasteiger partial charge in [0.2, 0.25) is 0 Å². The van der Waals surface area contributed by atoms with Crippen molar-refractivity contribution in [3.8, 4) is 0 Å². The van der Waals surface area contributed by atoms with E-state index in [-0.39, 0.29) is 11.9 Å². The summed E-state index contributed by atoms with van der Waals surface area (Å²) in [5.41, 5.74) is 0.466. The topological polar surface area (TPSA) is 17.8 Å². The van der Waals surface area contributed by atoms with Gasteiger partial charge in [-0.15, -0.1) is 0 Å². The molecule has 0 saturated carbocycles. The van der Waals surface area contributed by atoms with Crippen LogP contribution in [0.15, 0.2) is 6.20 Å². The smallest absolute Gasteiger partial charge is 0.163 e. The molecular formula is C9H17FN2. The fraction of sp³-hybridized carbons (Fsp3) is 0.667. The second-order valence-electron chi connectivity index (χ2n) is 2.64. The molecule has 70 valence electrons. The van der Waals surface area contributed by atoms with E-state index < -0.39 is 0 Å². The number of hydrogen-bond donors (Lipinski definition) is 0. The highest BCUT2D eigenvalue weighted by Crippen LogP contribution is 2.07. The summed E-state index contributed by atoms with van der Waals surface area (Å²) in [6, 6.07) is 0.239. The number of rotatable bonds is 1. The molecule has 1 aromatic rings. The monoisotopic (exact) mass is 172 g/mol. The van der Waals surface area contributed by atoms with Crippen molar-refractivity contribution < 1.29 is 4.39 Å². The maximum Gasteiger partial charge on any atom is 0.163 e. The van der Waals surface area contributed by atoms with Gasteiger partial charge < -0.3 is 0 Å². The lowest BCUT2D eigenvalue weighted by atomic mass is 10.4. The predicted molar refractivity (Wildman–Crippen MR) is 48.7 cm³/mol. The Morgan fingerprint density at radius 2 is 1.92 bits per heavy atom. The summed E-state index contributed by atoms with van der Waals surface area (Å²) in [4.78, 5) is 0. The Morgan fingerprint density at radius 1 is 1.42 bits per heavy atom. The van der Waals surface area contributed by atoms with E-state index in [1.54, 1.807) is 11.6 Å². The van der Waals surface area contributed by atoms with Crippen molar-refractivity contribution in [3.63, 3.8) is 0 Å². The van der Waals surface area contributed by atoms with Crippen LogP contribution in [0.1, 0.15) is 39.4 Å². The Balaban J connectivity index is 0.000000561. The summed E-state index contributed by atoms with van der Waals surface area (Å²) < 4.78 is 14.2. The van der Waals surface area contributed by atoms with E-state index in [0.29, 0.717) is 5.69 Å². The van der Waals surface area contributed by atoms with E-state index in [1.807, 2.05) is 27.7 Å². The normalized spacial score (nSPS) is 9.58. The average molecular weight is 172 g/mol. The van der Waals surface area contributed by atoms with Crippen molar-refractivity contribution in [3.05, 3.63) is 17.7 Å².